The SMILES string of the molecule is N#Cc1c(-c2c[nH]c3ccccc23)nc(SCc2cccc(NC(=O)c3ccc(Cl)c(Cl)c3)c2)[nH]c1=O. The third-order valence-electron chi connectivity index (χ3n) is 5.60. The summed E-state index contributed by atoms with van der Waals surface area (Å²) in [6.07, 6.45) is 1.75. The van der Waals surface area contributed by atoms with Crippen LogP contribution in [0, 0.1) is 11.3 Å². The van der Waals surface area contributed by atoms with Crippen LogP contribution in [0.4, 0.5) is 5.69 Å². The van der Waals surface area contributed by atoms with Crippen LogP contribution in [-0.2, 0) is 5.75 Å². The first-order valence-corrected chi connectivity index (χ1v) is 12.8. The maximum absolute atomic E-state index is 12.7. The molecule has 10 heteroatoms. The maximum atomic E-state index is 12.7. The van der Waals surface area contributed by atoms with E-state index in [-0.39, 0.29) is 11.5 Å². The minimum atomic E-state index is -0.497. The average molecular weight is 546 g/mol. The van der Waals surface area contributed by atoms with E-state index in [1.807, 2.05) is 48.5 Å². The number of hydrogen-bond donors (Lipinski definition) is 3. The summed E-state index contributed by atoms with van der Waals surface area (Å²) in [6, 6.07) is 21.6. The number of carbonyl (C=O) groups is 1. The number of carbonyl (C=O) groups excluding carboxylic acids is 1. The maximum Gasteiger partial charge on any atom is 0.270 e. The van der Waals surface area contributed by atoms with Crippen LogP contribution < -0.4 is 10.9 Å². The van der Waals surface area contributed by atoms with Crippen molar-refractivity contribution in [2.24, 2.45) is 0 Å². The minimum Gasteiger partial charge on any atom is -0.360 e. The fourth-order valence-corrected chi connectivity index (χ4v) is 4.92. The molecule has 0 saturated carbocycles. The number of nitriles is 1. The van der Waals surface area contributed by atoms with Crippen molar-refractivity contribution in [2.45, 2.75) is 10.9 Å². The molecule has 0 spiro atoms. The molecule has 0 saturated heterocycles. The van der Waals surface area contributed by atoms with E-state index in [9.17, 15) is 14.9 Å². The molecular weight excluding hydrogens is 529 g/mol. The molecule has 0 aliphatic carbocycles. The Balaban J connectivity index is 1.36. The summed E-state index contributed by atoms with van der Waals surface area (Å²) in [5.41, 5.74) is 3.26. The van der Waals surface area contributed by atoms with Gasteiger partial charge in [-0.15, -0.1) is 0 Å². The van der Waals surface area contributed by atoms with Crippen molar-refractivity contribution in [3.05, 3.63) is 110 Å². The largest absolute Gasteiger partial charge is 0.360 e. The molecule has 0 radical (unpaired) electrons. The number of halogens is 2. The second-order valence-electron chi connectivity index (χ2n) is 8.03. The van der Waals surface area contributed by atoms with Gasteiger partial charge in [0.25, 0.3) is 11.5 Å². The fraction of sp³-hybridized carbons (Fsp3) is 0.0370. The number of H-pyrrole nitrogens is 2. The van der Waals surface area contributed by atoms with E-state index in [1.165, 1.54) is 17.8 Å². The smallest absolute Gasteiger partial charge is 0.270 e. The molecule has 5 rings (SSSR count). The molecule has 0 fully saturated rings. The average Bonchev–Trinajstić information content (AvgIpc) is 3.33. The quantitative estimate of drug-likeness (QED) is 0.163. The predicted molar refractivity (Wildman–Crippen MR) is 147 cm³/mol. The lowest BCUT2D eigenvalue weighted by Gasteiger charge is -2.09. The lowest BCUT2D eigenvalue weighted by molar-refractivity contribution is 0.102. The number of hydrogen-bond acceptors (Lipinski definition) is 5. The Hall–Kier alpha value is -4.03. The lowest BCUT2D eigenvalue weighted by Crippen LogP contribution is -2.14. The Bertz CT molecular complexity index is 1760. The van der Waals surface area contributed by atoms with E-state index < -0.39 is 5.56 Å². The van der Waals surface area contributed by atoms with Gasteiger partial charge in [-0.3, -0.25) is 9.59 Å². The third kappa shape index (κ3) is 5.25. The van der Waals surface area contributed by atoms with Crippen molar-refractivity contribution >= 4 is 57.5 Å². The first-order chi connectivity index (χ1) is 17.9. The standard InChI is InChI=1S/C27H17Cl2N5O2S/c28-21-9-8-16(11-22(21)29)25(35)32-17-5-3-4-15(10-17)14-37-27-33-24(19(12-30)26(36)34-27)20-13-31-23-7-2-1-6-18(20)23/h1-11,13,31H,14H2,(H,32,35)(H,33,34,36). The molecule has 0 unspecified atom stereocenters. The fourth-order valence-electron chi connectivity index (χ4n) is 3.82. The first-order valence-electron chi connectivity index (χ1n) is 11.0. The van der Waals surface area contributed by atoms with Gasteiger partial charge in [-0.2, -0.15) is 5.26 Å². The van der Waals surface area contributed by atoms with Crippen LogP contribution in [0.5, 0.6) is 0 Å². The van der Waals surface area contributed by atoms with Crippen LogP contribution in [0.3, 0.4) is 0 Å². The Morgan fingerprint density at radius 3 is 2.70 bits per heavy atom. The molecule has 7 nitrogen and oxygen atoms in total. The van der Waals surface area contributed by atoms with Gasteiger partial charge < -0.3 is 15.3 Å². The van der Waals surface area contributed by atoms with Gasteiger partial charge in [-0.05, 0) is 42.0 Å². The molecule has 1 amide bonds. The highest BCUT2D eigenvalue weighted by Crippen LogP contribution is 2.30. The zero-order valence-electron chi connectivity index (χ0n) is 19.0. The molecule has 2 heterocycles. The molecule has 0 bridgehead atoms. The number of para-hydroxylation sites is 1. The van der Waals surface area contributed by atoms with E-state index in [1.54, 1.807) is 24.4 Å². The highest BCUT2D eigenvalue weighted by Gasteiger charge is 2.17. The van der Waals surface area contributed by atoms with E-state index in [2.05, 4.69) is 20.3 Å². The van der Waals surface area contributed by atoms with E-state index in [0.29, 0.717) is 43.5 Å². The minimum absolute atomic E-state index is 0.0406. The van der Waals surface area contributed by atoms with Gasteiger partial charge >= 0.3 is 0 Å². The molecule has 5 aromatic rings. The van der Waals surface area contributed by atoms with Gasteiger partial charge in [-0.1, -0.05) is 65.3 Å². The number of benzene rings is 3. The Kier molecular flexibility index (Phi) is 7.01. The van der Waals surface area contributed by atoms with Crippen LogP contribution in [-0.4, -0.2) is 20.9 Å². The van der Waals surface area contributed by atoms with Crippen LogP contribution >= 0.6 is 35.0 Å². The number of amides is 1. The summed E-state index contributed by atoms with van der Waals surface area (Å²) in [4.78, 5) is 35.8. The number of anilines is 1. The first kappa shape index (κ1) is 24.7. The highest BCUT2D eigenvalue weighted by molar-refractivity contribution is 7.98. The number of nitrogens with zero attached hydrogens (tertiary/aromatic N) is 2. The van der Waals surface area contributed by atoms with Crippen molar-refractivity contribution in [1.82, 2.24) is 15.0 Å². The topological polar surface area (TPSA) is 114 Å². The van der Waals surface area contributed by atoms with Gasteiger partial charge in [0, 0.05) is 39.7 Å². The Morgan fingerprint density at radius 2 is 1.89 bits per heavy atom. The van der Waals surface area contributed by atoms with Crippen molar-refractivity contribution in [3.8, 4) is 17.3 Å². The Morgan fingerprint density at radius 1 is 1.05 bits per heavy atom. The molecule has 37 heavy (non-hydrogen) atoms. The molecule has 3 N–H and O–H groups in total. The number of aromatic amines is 2. The van der Waals surface area contributed by atoms with Crippen LogP contribution in [0.25, 0.3) is 22.2 Å². The molecular formula is C27H17Cl2N5O2S. The highest BCUT2D eigenvalue weighted by atomic mass is 35.5. The molecule has 2 aromatic heterocycles. The van der Waals surface area contributed by atoms with Gasteiger partial charge in [0.05, 0.1) is 15.7 Å². The predicted octanol–water partition coefficient (Wildman–Crippen LogP) is 6.64. The molecule has 0 atom stereocenters. The molecule has 3 aromatic carbocycles. The second-order valence-corrected chi connectivity index (χ2v) is 9.80. The lowest BCUT2D eigenvalue weighted by atomic mass is 10.1. The van der Waals surface area contributed by atoms with E-state index >= 15 is 0 Å². The summed E-state index contributed by atoms with van der Waals surface area (Å²) in [5, 5.41) is 14.4. The van der Waals surface area contributed by atoms with Crippen LogP contribution in [0.15, 0.2) is 82.9 Å². The zero-order chi connectivity index (χ0) is 25.9. The number of nitrogens with one attached hydrogen (secondary N) is 3. The number of aromatic nitrogens is 3. The molecule has 0 aliphatic rings. The summed E-state index contributed by atoms with van der Waals surface area (Å²) < 4.78 is 0. The van der Waals surface area contributed by atoms with Gasteiger partial charge in [0.2, 0.25) is 0 Å². The van der Waals surface area contributed by atoms with Crippen molar-refractivity contribution in [3.63, 3.8) is 0 Å². The second kappa shape index (κ2) is 10.5. The summed E-state index contributed by atoms with van der Waals surface area (Å²) in [6.45, 7) is 0. The van der Waals surface area contributed by atoms with Gasteiger partial charge in [0.15, 0.2) is 5.16 Å². The monoisotopic (exact) mass is 545 g/mol. The molecule has 182 valence electrons. The Labute approximate surface area is 225 Å². The van der Waals surface area contributed by atoms with Crippen LogP contribution in [0.2, 0.25) is 10.0 Å². The molecule has 0 aliphatic heterocycles. The third-order valence-corrected chi connectivity index (χ3v) is 7.28. The normalized spacial score (nSPS) is 10.8. The summed E-state index contributed by atoms with van der Waals surface area (Å²) in [5.74, 6) is 0.156. The zero-order valence-corrected chi connectivity index (χ0v) is 21.3. The number of fused-ring (bicyclic) bond motifs is 1. The van der Waals surface area contributed by atoms with Crippen molar-refractivity contribution in [2.75, 3.05) is 5.32 Å². The van der Waals surface area contributed by atoms with Crippen molar-refractivity contribution < 1.29 is 4.79 Å². The van der Waals surface area contributed by atoms with Crippen LogP contribution in [0.1, 0.15) is 21.5 Å². The van der Waals surface area contributed by atoms with Gasteiger partial charge in [0.1, 0.15) is 11.6 Å². The van der Waals surface area contributed by atoms with E-state index in [0.717, 1.165) is 16.5 Å². The summed E-state index contributed by atoms with van der Waals surface area (Å²) >= 11 is 13.3. The van der Waals surface area contributed by atoms with Crippen molar-refractivity contribution in [1.29, 1.82) is 5.26 Å². The number of rotatable bonds is 6. The van der Waals surface area contributed by atoms with Gasteiger partial charge in [-0.25, -0.2) is 4.98 Å². The van der Waals surface area contributed by atoms with E-state index in [4.69, 9.17) is 23.2 Å². The summed E-state index contributed by atoms with van der Waals surface area (Å²) in [7, 11) is 0. The number of thioether (sulfide) groups is 1.